The lowest BCUT2D eigenvalue weighted by atomic mass is 9.85. The molecule has 0 radical (unpaired) electrons. The van der Waals surface area contributed by atoms with Gasteiger partial charge in [0.1, 0.15) is 0 Å². The molecule has 1 fully saturated rings. The molecule has 226 valence electrons. The first-order valence-electron chi connectivity index (χ1n) is 15.7. The Morgan fingerprint density at radius 3 is 2.37 bits per heavy atom. The summed E-state index contributed by atoms with van der Waals surface area (Å²) in [6.45, 7) is 12.7. The fourth-order valence-electron chi connectivity index (χ4n) is 7.37. The van der Waals surface area contributed by atoms with Crippen molar-refractivity contribution in [2.45, 2.75) is 98.6 Å². The van der Waals surface area contributed by atoms with Crippen LogP contribution >= 0.6 is 0 Å². The molecule has 1 aromatic heterocycles. The molecule has 8 heteroatoms. The molecule has 6 rings (SSSR count). The summed E-state index contributed by atoms with van der Waals surface area (Å²) in [4.78, 5) is 39.2. The van der Waals surface area contributed by atoms with Gasteiger partial charge >= 0.3 is 11.9 Å². The van der Waals surface area contributed by atoms with Crippen LogP contribution in [0.4, 0.5) is 0 Å². The van der Waals surface area contributed by atoms with E-state index in [-0.39, 0.29) is 49.6 Å². The normalized spacial score (nSPS) is 28.8. The summed E-state index contributed by atoms with van der Waals surface area (Å²) in [7, 11) is 0. The molecular weight excluding hydrogens is 540 g/mol. The van der Waals surface area contributed by atoms with Crippen molar-refractivity contribution in [3.05, 3.63) is 67.2 Å². The molecule has 1 saturated heterocycles. The summed E-state index contributed by atoms with van der Waals surface area (Å²) in [5, 5.41) is 5.97. The molecule has 43 heavy (non-hydrogen) atoms. The number of rotatable bonds is 2. The third kappa shape index (κ3) is 5.36. The molecule has 3 atom stereocenters. The molecule has 6 heterocycles. The number of cyclic esters (lactones) is 2. The summed E-state index contributed by atoms with van der Waals surface area (Å²) in [5.74, 6) is -0.590. The predicted octanol–water partition coefficient (Wildman–Crippen LogP) is 4.53. The molecule has 0 saturated carbocycles. The largest absolute Gasteiger partial charge is 0.428 e. The number of nitrogens with zero attached hydrogens (tertiary/aromatic N) is 2. The molecule has 3 unspecified atom stereocenters. The monoisotopic (exact) mass is 582 g/mol. The van der Waals surface area contributed by atoms with Crippen molar-refractivity contribution in [1.82, 2.24) is 10.3 Å². The average Bonchev–Trinajstić information content (AvgIpc) is 3.63. The highest BCUT2D eigenvalue weighted by molar-refractivity contribution is 6.23. The lowest BCUT2D eigenvalue weighted by Crippen LogP contribution is -2.33. The summed E-state index contributed by atoms with van der Waals surface area (Å²) in [6.07, 6.45) is 10.8. The van der Waals surface area contributed by atoms with Gasteiger partial charge in [-0.3, -0.25) is 14.6 Å². The molecule has 8 bridgehead atoms. The SMILES string of the molecule is CCC1=C(C)C2=NC/1=C/C1=C(C)C3CCC(=O)OCOC(=O)CCC4=C(C)C(=NC4CC3N1)/C=c1\[nH]/c(c(CC)c1C)=C\2. The minimum Gasteiger partial charge on any atom is -0.428 e. The number of aromatic nitrogens is 1. The van der Waals surface area contributed by atoms with Crippen LogP contribution in [-0.2, 0) is 25.5 Å². The van der Waals surface area contributed by atoms with Gasteiger partial charge in [-0.25, -0.2) is 4.99 Å². The number of H-pyrrole nitrogens is 1. The maximum Gasteiger partial charge on any atom is 0.308 e. The van der Waals surface area contributed by atoms with E-state index in [1.54, 1.807) is 0 Å². The highest BCUT2D eigenvalue weighted by Gasteiger charge is 2.37. The number of allylic oxidation sites excluding steroid dienone is 4. The quantitative estimate of drug-likeness (QED) is 0.499. The number of aliphatic imine (C=N–C) groups is 2. The van der Waals surface area contributed by atoms with Gasteiger partial charge in [-0.1, -0.05) is 13.8 Å². The minimum atomic E-state index is -0.373. The standard InChI is InChI=1S/C35H42N4O4/c1-7-22-18(3)26-13-27-20(5)24-9-11-34(40)42-17-43-35(41)12-10-25-21(6)29(39-33(25)16-32(24)38-27)15-31-23(8-2)19(4)28(37-31)14-30(22)36-26/h13-15,25,32-33,36,39H,7-12,16-17H2,1-6H3/b26-13-,30-14-,31-15+. The Morgan fingerprint density at radius 1 is 0.884 bits per heavy atom. The van der Waals surface area contributed by atoms with Gasteiger partial charge in [0.25, 0.3) is 0 Å². The second-order valence-corrected chi connectivity index (χ2v) is 12.2. The van der Waals surface area contributed by atoms with E-state index in [0.717, 1.165) is 58.4 Å². The van der Waals surface area contributed by atoms with Crippen molar-refractivity contribution < 1.29 is 19.1 Å². The van der Waals surface area contributed by atoms with Gasteiger partial charge in [0.2, 0.25) is 6.79 Å². The van der Waals surface area contributed by atoms with E-state index < -0.39 is 0 Å². The third-order valence-corrected chi connectivity index (χ3v) is 9.93. The molecule has 0 aliphatic carbocycles. The van der Waals surface area contributed by atoms with Gasteiger partial charge in [-0.2, -0.15) is 0 Å². The Labute approximate surface area is 253 Å². The number of hydrogen-bond acceptors (Lipinski definition) is 7. The predicted molar refractivity (Wildman–Crippen MR) is 169 cm³/mol. The maximum atomic E-state index is 12.5. The molecule has 8 nitrogen and oxygen atoms in total. The van der Waals surface area contributed by atoms with Gasteiger partial charge < -0.3 is 19.8 Å². The lowest BCUT2D eigenvalue weighted by Gasteiger charge is -2.25. The Balaban J connectivity index is 1.56. The van der Waals surface area contributed by atoms with E-state index in [4.69, 9.17) is 19.5 Å². The van der Waals surface area contributed by atoms with Gasteiger partial charge in [0.15, 0.2) is 0 Å². The summed E-state index contributed by atoms with van der Waals surface area (Å²) in [5.41, 5.74) is 12.5. The van der Waals surface area contributed by atoms with E-state index in [2.05, 4.69) is 70.1 Å². The number of carbonyl (C=O) groups excluding carboxylic acids is 2. The van der Waals surface area contributed by atoms with Crippen LogP contribution in [0, 0.1) is 12.8 Å². The summed E-state index contributed by atoms with van der Waals surface area (Å²) in [6, 6.07) is 0.00785. The molecule has 0 aromatic carbocycles. The van der Waals surface area contributed by atoms with Crippen LogP contribution in [0.2, 0.25) is 0 Å². The van der Waals surface area contributed by atoms with Crippen LogP contribution in [-0.4, -0.2) is 47.2 Å². The lowest BCUT2D eigenvalue weighted by molar-refractivity contribution is -0.167. The van der Waals surface area contributed by atoms with E-state index in [9.17, 15) is 9.59 Å². The zero-order chi connectivity index (χ0) is 30.4. The van der Waals surface area contributed by atoms with Crippen molar-refractivity contribution in [2.24, 2.45) is 15.9 Å². The fraction of sp³-hybridized carbons (Fsp3) is 0.486. The van der Waals surface area contributed by atoms with Crippen LogP contribution < -0.4 is 16.0 Å². The van der Waals surface area contributed by atoms with Gasteiger partial charge in [-0.15, -0.1) is 0 Å². The topological polar surface area (TPSA) is 105 Å². The van der Waals surface area contributed by atoms with E-state index in [0.29, 0.717) is 12.8 Å². The number of esters is 2. The molecule has 5 aliphatic rings. The van der Waals surface area contributed by atoms with Crippen LogP contribution in [0.5, 0.6) is 0 Å². The smallest absolute Gasteiger partial charge is 0.308 e. The molecule has 5 aliphatic heterocycles. The fourth-order valence-corrected chi connectivity index (χ4v) is 7.37. The number of ether oxygens (including phenoxy) is 2. The minimum absolute atomic E-state index is 0.0713. The Kier molecular flexibility index (Phi) is 7.88. The second kappa shape index (κ2) is 11.6. The van der Waals surface area contributed by atoms with Crippen molar-refractivity contribution >= 4 is 35.5 Å². The molecule has 2 N–H and O–H groups in total. The molecular formula is C35H42N4O4. The second-order valence-electron chi connectivity index (χ2n) is 12.2. The van der Waals surface area contributed by atoms with Gasteiger partial charge in [0, 0.05) is 41.2 Å². The van der Waals surface area contributed by atoms with Crippen LogP contribution in [0.25, 0.3) is 12.2 Å². The zero-order valence-corrected chi connectivity index (χ0v) is 26.1. The van der Waals surface area contributed by atoms with Crippen molar-refractivity contribution in [3.63, 3.8) is 0 Å². The number of hydrogen-bond donors (Lipinski definition) is 2. The molecule has 1 aromatic rings. The Bertz CT molecular complexity index is 1710. The number of carbonyl (C=O) groups is 2. The first kappa shape index (κ1) is 29.1. The van der Waals surface area contributed by atoms with Crippen molar-refractivity contribution in [1.29, 1.82) is 0 Å². The van der Waals surface area contributed by atoms with Gasteiger partial charge in [0.05, 0.1) is 23.2 Å². The number of fused-ring (bicyclic) bond motifs is 4. The van der Waals surface area contributed by atoms with Crippen LogP contribution in [0.1, 0.15) is 84.3 Å². The first-order valence-corrected chi connectivity index (χ1v) is 15.7. The molecule has 0 amide bonds. The maximum absolute atomic E-state index is 12.5. The number of nitrogens with one attached hydrogen (secondary N) is 2. The van der Waals surface area contributed by atoms with Crippen molar-refractivity contribution in [3.8, 4) is 0 Å². The summed E-state index contributed by atoms with van der Waals surface area (Å²) >= 11 is 0. The average molecular weight is 583 g/mol. The Morgan fingerprint density at radius 2 is 1.63 bits per heavy atom. The van der Waals surface area contributed by atoms with Crippen LogP contribution in [0.3, 0.4) is 0 Å². The highest BCUT2D eigenvalue weighted by Crippen LogP contribution is 2.39. The van der Waals surface area contributed by atoms with Crippen molar-refractivity contribution in [2.75, 3.05) is 6.79 Å². The van der Waals surface area contributed by atoms with E-state index >= 15 is 0 Å². The summed E-state index contributed by atoms with van der Waals surface area (Å²) < 4.78 is 10.5. The molecule has 0 spiro atoms. The van der Waals surface area contributed by atoms with Gasteiger partial charge in [-0.05, 0) is 117 Å². The van der Waals surface area contributed by atoms with E-state index in [1.807, 2.05) is 0 Å². The number of aromatic amines is 1. The van der Waals surface area contributed by atoms with E-state index in [1.165, 1.54) is 33.4 Å². The Hall–Kier alpha value is -3.94. The van der Waals surface area contributed by atoms with Crippen LogP contribution in [0.15, 0.2) is 55.3 Å². The third-order valence-electron chi connectivity index (χ3n) is 9.93. The highest BCUT2D eigenvalue weighted by atomic mass is 16.7. The first-order chi connectivity index (χ1) is 20.7. The zero-order valence-electron chi connectivity index (χ0n) is 26.1.